The summed E-state index contributed by atoms with van der Waals surface area (Å²) in [6.07, 6.45) is -4.48. The molecule has 2 aromatic carbocycles. The van der Waals surface area contributed by atoms with Crippen molar-refractivity contribution in [3.63, 3.8) is 0 Å². The number of hydrogen-bond donors (Lipinski definition) is 0. The maximum Gasteiger partial charge on any atom is 0.416 e. The van der Waals surface area contributed by atoms with Crippen molar-refractivity contribution in [3.05, 3.63) is 72.0 Å². The molecule has 4 aromatic rings. The van der Waals surface area contributed by atoms with Gasteiger partial charge in [-0.15, -0.1) is 10.2 Å². The SMILES string of the molecule is CCCSc1nnc2c(n1)OC(c1ccc(-c3cccc(C(F)(F)F)c3)o1)N(C(=O)CC)c1ccccc1-2. The van der Waals surface area contributed by atoms with Crippen molar-refractivity contribution < 1.29 is 27.1 Å². The molecule has 0 N–H and O–H groups in total. The standard InChI is InChI=1S/C27H23F3N4O3S/c1-3-14-38-26-31-24-23(32-33-26)18-10-5-6-11-19(18)34(22(35)4-2)25(37-24)21-13-12-20(36-21)16-8-7-9-17(15-16)27(28,29)30/h5-13,15,25H,3-4,14H2,1-2H3. The van der Waals surface area contributed by atoms with Gasteiger partial charge >= 0.3 is 6.18 Å². The van der Waals surface area contributed by atoms with E-state index >= 15 is 0 Å². The van der Waals surface area contributed by atoms with E-state index in [1.165, 1.54) is 28.8 Å². The molecule has 0 spiro atoms. The highest BCUT2D eigenvalue weighted by Crippen LogP contribution is 2.44. The minimum Gasteiger partial charge on any atom is -0.455 e. The fourth-order valence-corrected chi connectivity index (χ4v) is 4.72. The average molecular weight is 541 g/mol. The van der Waals surface area contributed by atoms with Gasteiger partial charge in [-0.2, -0.15) is 18.2 Å². The molecule has 1 aliphatic heterocycles. The van der Waals surface area contributed by atoms with Gasteiger partial charge in [-0.1, -0.05) is 55.9 Å². The summed E-state index contributed by atoms with van der Waals surface area (Å²) in [6, 6.07) is 15.2. The predicted molar refractivity (Wildman–Crippen MR) is 137 cm³/mol. The van der Waals surface area contributed by atoms with Crippen LogP contribution >= 0.6 is 11.8 Å². The van der Waals surface area contributed by atoms with Crippen molar-refractivity contribution in [3.8, 4) is 28.5 Å². The van der Waals surface area contributed by atoms with Gasteiger partial charge in [0.05, 0.1) is 11.3 Å². The van der Waals surface area contributed by atoms with Crippen LogP contribution in [0, 0.1) is 0 Å². The van der Waals surface area contributed by atoms with Crippen LogP contribution in [-0.2, 0) is 11.0 Å². The van der Waals surface area contributed by atoms with Crippen molar-refractivity contribution in [1.82, 2.24) is 15.2 Å². The summed E-state index contributed by atoms with van der Waals surface area (Å²) < 4.78 is 52.2. The van der Waals surface area contributed by atoms with E-state index in [4.69, 9.17) is 9.15 Å². The molecule has 3 heterocycles. The number of alkyl halides is 3. The molecule has 38 heavy (non-hydrogen) atoms. The fraction of sp³-hybridized carbons (Fsp3) is 0.259. The molecule has 0 saturated carbocycles. The number of amides is 1. The Morgan fingerprint density at radius 3 is 2.63 bits per heavy atom. The van der Waals surface area contributed by atoms with E-state index in [0.717, 1.165) is 24.3 Å². The lowest BCUT2D eigenvalue weighted by Crippen LogP contribution is -2.37. The molecule has 1 unspecified atom stereocenters. The molecule has 0 fully saturated rings. The van der Waals surface area contributed by atoms with Crippen LogP contribution in [-0.4, -0.2) is 26.8 Å². The zero-order chi connectivity index (χ0) is 26.9. The summed E-state index contributed by atoms with van der Waals surface area (Å²) in [5.74, 6) is 1.15. The topological polar surface area (TPSA) is 81.3 Å². The van der Waals surface area contributed by atoms with E-state index in [9.17, 15) is 18.0 Å². The summed E-state index contributed by atoms with van der Waals surface area (Å²) in [4.78, 5) is 19.3. The zero-order valence-electron chi connectivity index (χ0n) is 20.5. The Balaban J connectivity index is 1.62. The Kier molecular flexibility index (Phi) is 7.11. The first-order chi connectivity index (χ1) is 18.3. The van der Waals surface area contributed by atoms with E-state index < -0.39 is 18.0 Å². The maximum absolute atomic E-state index is 13.3. The van der Waals surface area contributed by atoms with Crippen molar-refractivity contribution in [1.29, 1.82) is 0 Å². The van der Waals surface area contributed by atoms with Crippen LogP contribution in [0.5, 0.6) is 5.88 Å². The van der Waals surface area contributed by atoms with Gasteiger partial charge in [-0.3, -0.25) is 9.69 Å². The molecule has 1 aliphatic rings. The number of carbonyl (C=O) groups is 1. The number of furan rings is 1. The second-order valence-corrected chi connectivity index (χ2v) is 9.54. The van der Waals surface area contributed by atoms with E-state index in [0.29, 0.717) is 22.1 Å². The number of hydrogen-bond acceptors (Lipinski definition) is 7. The number of fused-ring (bicyclic) bond motifs is 3. The molecule has 2 aromatic heterocycles. The number of carbonyl (C=O) groups excluding carboxylic acids is 1. The molecule has 0 aliphatic carbocycles. The number of para-hydroxylation sites is 1. The third-order valence-electron chi connectivity index (χ3n) is 5.86. The van der Waals surface area contributed by atoms with Crippen LogP contribution in [0.25, 0.3) is 22.6 Å². The maximum atomic E-state index is 13.3. The number of ether oxygens (including phenoxy) is 1. The Hall–Kier alpha value is -3.86. The van der Waals surface area contributed by atoms with E-state index in [2.05, 4.69) is 15.2 Å². The van der Waals surface area contributed by atoms with E-state index in [1.807, 2.05) is 13.0 Å². The monoisotopic (exact) mass is 540 g/mol. The Labute approximate surface area is 221 Å². The van der Waals surface area contributed by atoms with E-state index in [1.54, 1.807) is 37.3 Å². The van der Waals surface area contributed by atoms with Crippen molar-refractivity contribution in [2.75, 3.05) is 10.7 Å². The molecule has 196 valence electrons. The first-order valence-corrected chi connectivity index (χ1v) is 13.0. The van der Waals surface area contributed by atoms with E-state index in [-0.39, 0.29) is 35.3 Å². The van der Waals surface area contributed by atoms with Gasteiger partial charge in [0.25, 0.3) is 0 Å². The summed E-state index contributed by atoms with van der Waals surface area (Å²) in [6.45, 7) is 3.77. The number of thioether (sulfide) groups is 1. The molecule has 7 nitrogen and oxygen atoms in total. The first-order valence-electron chi connectivity index (χ1n) is 12.0. The summed E-state index contributed by atoms with van der Waals surface area (Å²) in [5.41, 5.74) is 0.983. The summed E-state index contributed by atoms with van der Waals surface area (Å²) >= 11 is 1.43. The van der Waals surface area contributed by atoms with Crippen LogP contribution < -0.4 is 9.64 Å². The largest absolute Gasteiger partial charge is 0.455 e. The van der Waals surface area contributed by atoms with Gasteiger partial charge < -0.3 is 9.15 Å². The quantitative estimate of drug-likeness (QED) is 0.240. The van der Waals surface area contributed by atoms with Crippen LogP contribution in [0.2, 0.25) is 0 Å². The smallest absolute Gasteiger partial charge is 0.416 e. The number of halogens is 3. The van der Waals surface area contributed by atoms with Gasteiger partial charge in [0.15, 0.2) is 11.5 Å². The number of nitrogens with zero attached hydrogens (tertiary/aromatic N) is 4. The van der Waals surface area contributed by atoms with Gasteiger partial charge in [-0.05, 0) is 36.8 Å². The first kappa shape index (κ1) is 25.8. The molecule has 0 bridgehead atoms. The second-order valence-electron chi connectivity index (χ2n) is 8.48. The number of aromatic nitrogens is 3. The molecular formula is C27H23F3N4O3S. The molecule has 0 radical (unpaired) electrons. The molecule has 11 heteroatoms. The molecular weight excluding hydrogens is 517 g/mol. The van der Waals surface area contributed by atoms with Crippen LogP contribution in [0.4, 0.5) is 18.9 Å². The van der Waals surface area contributed by atoms with Gasteiger partial charge in [0.2, 0.25) is 23.2 Å². The lowest BCUT2D eigenvalue weighted by atomic mass is 10.1. The average Bonchev–Trinajstić information content (AvgIpc) is 3.36. The number of benzene rings is 2. The van der Waals surface area contributed by atoms with Crippen molar-refractivity contribution in [2.45, 2.75) is 44.2 Å². The highest BCUT2D eigenvalue weighted by atomic mass is 32.2. The van der Waals surface area contributed by atoms with Crippen LogP contribution in [0.3, 0.4) is 0 Å². The Morgan fingerprint density at radius 2 is 1.87 bits per heavy atom. The highest BCUT2D eigenvalue weighted by Gasteiger charge is 2.37. The molecule has 1 atom stereocenters. The minimum absolute atomic E-state index is 0.169. The lowest BCUT2D eigenvalue weighted by molar-refractivity contribution is -0.137. The normalized spacial score (nSPS) is 14.9. The lowest BCUT2D eigenvalue weighted by Gasteiger charge is -2.29. The van der Waals surface area contributed by atoms with Gasteiger partial charge in [0, 0.05) is 23.3 Å². The van der Waals surface area contributed by atoms with Crippen molar-refractivity contribution in [2.24, 2.45) is 0 Å². The van der Waals surface area contributed by atoms with Gasteiger partial charge in [0.1, 0.15) is 5.76 Å². The zero-order valence-corrected chi connectivity index (χ0v) is 21.3. The molecule has 1 amide bonds. The molecule has 0 saturated heterocycles. The third-order valence-corrected chi connectivity index (χ3v) is 6.91. The van der Waals surface area contributed by atoms with Crippen molar-refractivity contribution >= 4 is 23.4 Å². The number of rotatable bonds is 6. The summed E-state index contributed by atoms with van der Waals surface area (Å²) in [7, 11) is 0. The second kappa shape index (κ2) is 10.5. The molecule has 5 rings (SSSR count). The highest BCUT2D eigenvalue weighted by molar-refractivity contribution is 7.99. The van der Waals surface area contributed by atoms with Crippen LogP contribution in [0.15, 0.2) is 70.2 Å². The summed E-state index contributed by atoms with van der Waals surface area (Å²) in [5, 5.41) is 9.04. The third kappa shape index (κ3) is 4.98. The van der Waals surface area contributed by atoms with Crippen LogP contribution in [0.1, 0.15) is 44.2 Å². The Bertz CT molecular complexity index is 1470. The van der Waals surface area contributed by atoms with Gasteiger partial charge in [-0.25, -0.2) is 0 Å². The number of anilines is 1. The minimum atomic E-state index is -4.49. The Morgan fingerprint density at radius 1 is 1.05 bits per heavy atom. The predicted octanol–water partition coefficient (Wildman–Crippen LogP) is 7.15. The fourth-order valence-electron chi connectivity index (χ4n) is 4.08.